The van der Waals surface area contributed by atoms with Crippen LogP contribution in [-0.4, -0.2) is 45.6 Å². The van der Waals surface area contributed by atoms with Crippen molar-refractivity contribution in [2.24, 2.45) is 0 Å². The Morgan fingerprint density at radius 2 is 2.17 bits per heavy atom. The molecule has 18 heavy (non-hydrogen) atoms. The highest BCUT2D eigenvalue weighted by Crippen LogP contribution is 2.13. The molecule has 1 aliphatic rings. The molecule has 104 valence electrons. The maximum Gasteiger partial charge on any atom is 0.0967 e. The summed E-state index contributed by atoms with van der Waals surface area (Å²) in [7, 11) is 0. The molecule has 0 spiro atoms. The first-order valence-corrected chi connectivity index (χ1v) is 6.33. The van der Waals surface area contributed by atoms with Crippen molar-refractivity contribution in [3.8, 4) is 0 Å². The van der Waals surface area contributed by atoms with Gasteiger partial charge < -0.3 is 5.32 Å². The lowest BCUT2D eigenvalue weighted by Crippen LogP contribution is -2.49. The molecule has 1 atom stereocenters. The van der Waals surface area contributed by atoms with Crippen LogP contribution in [0.3, 0.4) is 0 Å². The van der Waals surface area contributed by atoms with Crippen LogP contribution in [-0.2, 0) is 12.1 Å². The summed E-state index contributed by atoms with van der Waals surface area (Å²) in [6, 6.07) is 0.573. The minimum atomic E-state index is 0. The second-order valence-electron chi connectivity index (χ2n) is 5.85. The SMILES string of the molecule is C[C@@H]1CNCCN1Cc1cn(C(C)(C)C)nn1.Cl. The van der Waals surface area contributed by atoms with Gasteiger partial charge in [0.1, 0.15) is 0 Å². The van der Waals surface area contributed by atoms with E-state index in [1.165, 1.54) is 0 Å². The van der Waals surface area contributed by atoms with E-state index in [9.17, 15) is 0 Å². The van der Waals surface area contributed by atoms with Crippen molar-refractivity contribution < 1.29 is 0 Å². The fourth-order valence-electron chi connectivity index (χ4n) is 2.02. The molecule has 1 aliphatic heterocycles. The zero-order valence-corrected chi connectivity index (χ0v) is 12.5. The molecule has 0 unspecified atom stereocenters. The van der Waals surface area contributed by atoms with Gasteiger partial charge in [-0.15, -0.1) is 17.5 Å². The molecule has 6 heteroatoms. The molecule has 1 saturated heterocycles. The van der Waals surface area contributed by atoms with Crippen molar-refractivity contribution in [3.05, 3.63) is 11.9 Å². The Bertz CT molecular complexity index is 371. The van der Waals surface area contributed by atoms with Crippen molar-refractivity contribution in [1.82, 2.24) is 25.2 Å². The smallest absolute Gasteiger partial charge is 0.0967 e. The third-order valence-corrected chi connectivity index (χ3v) is 3.23. The number of nitrogens with one attached hydrogen (secondary N) is 1. The molecule has 5 nitrogen and oxygen atoms in total. The Hall–Kier alpha value is -0.650. The first-order valence-electron chi connectivity index (χ1n) is 6.33. The molecule has 0 saturated carbocycles. The number of hydrogen-bond acceptors (Lipinski definition) is 4. The van der Waals surface area contributed by atoms with Gasteiger partial charge in [0.2, 0.25) is 0 Å². The van der Waals surface area contributed by atoms with E-state index in [0.29, 0.717) is 6.04 Å². The average molecular weight is 274 g/mol. The lowest BCUT2D eigenvalue weighted by atomic mass is 10.1. The molecule has 0 radical (unpaired) electrons. The Balaban J connectivity index is 0.00000162. The summed E-state index contributed by atoms with van der Waals surface area (Å²) in [6.07, 6.45) is 2.06. The van der Waals surface area contributed by atoms with Crippen LogP contribution in [0.15, 0.2) is 6.20 Å². The second-order valence-corrected chi connectivity index (χ2v) is 5.85. The first kappa shape index (κ1) is 15.4. The first-order chi connectivity index (χ1) is 7.97. The zero-order valence-electron chi connectivity index (χ0n) is 11.7. The Labute approximate surface area is 115 Å². The normalized spacial score (nSPS) is 21.7. The minimum absolute atomic E-state index is 0. The Morgan fingerprint density at radius 3 is 2.72 bits per heavy atom. The van der Waals surface area contributed by atoms with E-state index >= 15 is 0 Å². The van der Waals surface area contributed by atoms with E-state index in [-0.39, 0.29) is 17.9 Å². The van der Waals surface area contributed by atoms with Crippen LogP contribution in [0.25, 0.3) is 0 Å². The van der Waals surface area contributed by atoms with E-state index in [2.05, 4.69) is 54.4 Å². The minimum Gasteiger partial charge on any atom is -0.314 e. The van der Waals surface area contributed by atoms with Gasteiger partial charge in [-0.2, -0.15) is 0 Å². The van der Waals surface area contributed by atoms with Gasteiger partial charge in [-0.25, -0.2) is 4.68 Å². The molecule has 0 aromatic carbocycles. The molecule has 1 fully saturated rings. The molecule has 1 N–H and O–H groups in total. The molecular weight excluding hydrogens is 250 g/mol. The van der Waals surface area contributed by atoms with Gasteiger partial charge in [-0.1, -0.05) is 5.21 Å². The van der Waals surface area contributed by atoms with E-state index in [4.69, 9.17) is 0 Å². The summed E-state index contributed by atoms with van der Waals surface area (Å²) in [5.74, 6) is 0. The molecular formula is C12H24ClN5. The van der Waals surface area contributed by atoms with Crippen LogP contribution >= 0.6 is 12.4 Å². The topological polar surface area (TPSA) is 46.0 Å². The molecule has 0 amide bonds. The van der Waals surface area contributed by atoms with Gasteiger partial charge in [-0.05, 0) is 27.7 Å². The lowest BCUT2D eigenvalue weighted by Gasteiger charge is -2.33. The highest BCUT2D eigenvalue weighted by Gasteiger charge is 2.20. The van der Waals surface area contributed by atoms with Crippen molar-refractivity contribution in [2.45, 2.75) is 45.8 Å². The van der Waals surface area contributed by atoms with Gasteiger partial charge in [0.05, 0.1) is 17.4 Å². The molecule has 2 heterocycles. The van der Waals surface area contributed by atoms with Gasteiger partial charge in [0.15, 0.2) is 0 Å². The monoisotopic (exact) mass is 273 g/mol. The van der Waals surface area contributed by atoms with Crippen LogP contribution < -0.4 is 5.32 Å². The lowest BCUT2D eigenvalue weighted by molar-refractivity contribution is 0.163. The number of nitrogens with zero attached hydrogens (tertiary/aromatic N) is 4. The summed E-state index contributed by atoms with van der Waals surface area (Å²) in [5.41, 5.74) is 1.08. The van der Waals surface area contributed by atoms with E-state index < -0.39 is 0 Å². The van der Waals surface area contributed by atoms with Crippen LogP contribution in [0.4, 0.5) is 0 Å². The molecule has 2 rings (SSSR count). The Morgan fingerprint density at radius 1 is 1.44 bits per heavy atom. The number of piperazine rings is 1. The van der Waals surface area contributed by atoms with Crippen LogP contribution in [0, 0.1) is 0 Å². The Kier molecular flexibility index (Phi) is 5.13. The third-order valence-electron chi connectivity index (χ3n) is 3.23. The van der Waals surface area contributed by atoms with Gasteiger partial charge in [-0.3, -0.25) is 4.90 Å². The van der Waals surface area contributed by atoms with Gasteiger partial charge in [0.25, 0.3) is 0 Å². The van der Waals surface area contributed by atoms with Crippen molar-refractivity contribution in [2.75, 3.05) is 19.6 Å². The summed E-state index contributed by atoms with van der Waals surface area (Å²) < 4.78 is 1.94. The fourth-order valence-corrected chi connectivity index (χ4v) is 2.02. The number of halogens is 1. The standard InChI is InChI=1S/C12H23N5.ClH/c1-10-7-13-5-6-16(10)8-11-9-17(15-14-11)12(2,3)4;/h9-10,13H,5-8H2,1-4H3;1H/t10-;/m1./s1. The average Bonchev–Trinajstić information content (AvgIpc) is 2.69. The second kappa shape index (κ2) is 5.99. The summed E-state index contributed by atoms with van der Waals surface area (Å²) in [6.45, 7) is 12.8. The van der Waals surface area contributed by atoms with Gasteiger partial charge >= 0.3 is 0 Å². The third kappa shape index (κ3) is 3.67. The van der Waals surface area contributed by atoms with Crippen molar-refractivity contribution in [1.29, 1.82) is 0 Å². The predicted octanol–water partition coefficient (Wildman–Crippen LogP) is 1.25. The maximum absolute atomic E-state index is 4.26. The van der Waals surface area contributed by atoms with Gasteiger partial charge in [0, 0.05) is 32.2 Å². The maximum atomic E-state index is 4.26. The largest absolute Gasteiger partial charge is 0.314 e. The molecule has 1 aromatic heterocycles. The molecule has 1 aromatic rings. The number of hydrogen-bond donors (Lipinski definition) is 1. The fraction of sp³-hybridized carbons (Fsp3) is 0.833. The molecule has 0 aliphatic carbocycles. The van der Waals surface area contributed by atoms with Crippen molar-refractivity contribution >= 4 is 12.4 Å². The highest BCUT2D eigenvalue weighted by molar-refractivity contribution is 5.85. The summed E-state index contributed by atoms with van der Waals surface area (Å²) in [4.78, 5) is 2.45. The number of rotatable bonds is 2. The van der Waals surface area contributed by atoms with Crippen LogP contribution in [0.2, 0.25) is 0 Å². The summed E-state index contributed by atoms with van der Waals surface area (Å²) in [5, 5.41) is 11.9. The van der Waals surface area contributed by atoms with E-state index in [1.54, 1.807) is 0 Å². The van der Waals surface area contributed by atoms with Crippen LogP contribution in [0.5, 0.6) is 0 Å². The van der Waals surface area contributed by atoms with Crippen molar-refractivity contribution in [3.63, 3.8) is 0 Å². The number of aromatic nitrogens is 3. The van der Waals surface area contributed by atoms with E-state index in [1.807, 2.05) is 4.68 Å². The molecule has 0 bridgehead atoms. The highest BCUT2D eigenvalue weighted by atomic mass is 35.5. The predicted molar refractivity (Wildman–Crippen MR) is 75.0 cm³/mol. The van der Waals surface area contributed by atoms with Crippen LogP contribution in [0.1, 0.15) is 33.4 Å². The quantitative estimate of drug-likeness (QED) is 0.881. The van der Waals surface area contributed by atoms with E-state index in [0.717, 1.165) is 31.9 Å². The summed E-state index contributed by atoms with van der Waals surface area (Å²) >= 11 is 0. The zero-order chi connectivity index (χ0) is 12.5.